The SMILES string of the molecule is NCC(COc1cc2c(cc1S(=O)(=O)O)-c1cc(S(=O)(=O)O)c(OCC(CN)Sc3ccccc3)cc1C2)Sc1ccccc1. The average molecular weight is 689 g/mol. The lowest BCUT2D eigenvalue weighted by Gasteiger charge is -2.18. The highest BCUT2D eigenvalue weighted by atomic mass is 32.2. The van der Waals surface area contributed by atoms with Crippen molar-refractivity contribution in [3.05, 3.63) is 96.1 Å². The fraction of sp³-hybridized carbons (Fsp3) is 0.226. The summed E-state index contributed by atoms with van der Waals surface area (Å²) in [7, 11) is -9.47. The van der Waals surface area contributed by atoms with E-state index in [2.05, 4.69) is 0 Å². The summed E-state index contributed by atoms with van der Waals surface area (Å²) in [6.07, 6.45) is 0.299. The Morgan fingerprint density at radius 3 is 1.36 bits per heavy atom. The molecule has 0 heterocycles. The van der Waals surface area contributed by atoms with E-state index in [-0.39, 0.29) is 48.3 Å². The molecule has 0 saturated carbocycles. The summed E-state index contributed by atoms with van der Waals surface area (Å²) >= 11 is 2.97. The molecular weight excluding hydrogens is 657 g/mol. The standard InChI is InChI=1S/C31H32N2O8S4/c32-16-24(42-22-7-3-1-4-8-22)18-40-28-12-20-11-21-13-29(41-19-25(17-33)43-23-9-5-2-6-10-23)31(45(37,38)39)15-27(21)26(20)14-30(28)44(34,35)36/h1-10,12-15,24-25H,11,16-19,32-33H2,(H,34,35,36)(H,37,38,39). The molecule has 1 aliphatic carbocycles. The van der Waals surface area contributed by atoms with Crippen LogP contribution in [0.15, 0.2) is 105 Å². The van der Waals surface area contributed by atoms with Gasteiger partial charge in [0.1, 0.15) is 34.5 Å². The Morgan fingerprint density at radius 1 is 0.644 bits per heavy atom. The Hall–Kier alpha value is -3.08. The summed E-state index contributed by atoms with van der Waals surface area (Å²) in [6.45, 7) is 0.650. The first-order valence-corrected chi connectivity index (χ1v) is 18.5. The zero-order chi connectivity index (χ0) is 32.2. The molecule has 238 valence electrons. The lowest BCUT2D eigenvalue weighted by atomic mass is 10.1. The summed E-state index contributed by atoms with van der Waals surface area (Å²) in [5.74, 6) is -0.0993. The zero-order valence-electron chi connectivity index (χ0n) is 23.9. The van der Waals surface area contributed by atoms with Crippen molar-refractivity contribution in [1.82, 2.24) is 0 Å². The highest BCUT2D eigenvalue weighted by molar-refractivity contribution is 8.00. The van der Waals surface area contributed by atoms with Crippen LogP contribution in [0.25, 0.3) is 11.1 Å². The topological polar surface area (TPSA) is 179 Å². The van der Waals surface area contributed by atoms with Gasteiger partial charge in [0, 0.05) is 22.9 Å². The summed E-state index contributed by atoms with van der Waals surface area (Å²) < 4.78 is 81.8. The van der Waals surface area contributed by atoms with Gasteiger partial charge in [0.15, 0.2) is 0 Å². The van der Waals surface area contributed by atoms with Gasteiger partial charge in [-0.15, -0.1) is 23.5 Å². The highest BCUT2D eigenvalue weighted by Gasteiger charge is 2.30. The van der Waals surface area contributed by atoms with Crippen LogP contribution in [0.4, 0.5) is 0 Å². The molecule has 0 saturated heterocycles. The third kappa shape index (κ3) is 8.20. The van der Waals surface area contributed by atoms with Gasteiger partial charge in [-0.25, -0.2) is 0 Å². The van der Waals surface area contributed by atoms with E-state index in [1.54, 1.807) is 0 Å². The van der Waals surface area contributed by atoms with Gasteiger partial charge >= 0.3 is 0 Å². The molecule has 4 aromatic carbocycles. The molecule has 6 N–H and O–H groups in total. The van der Waals surface area contributed by atoms with Crippen molar-refractivity contribution in [1.29, 1.82) is 0 Å². The summed E-state index contributed by atoms with van der Waals surface area (Å²) in [6, 6.07) is 24.7. The van der Waals surface area contributed by atoms with Gasteiger partial charge in [-0.3, -0.25) is 9.11 Å². The van der Waals surface area contributed by atoms with Crippen LogP contribution in [0, 0.1) is 0 Å². The monoisotopic (exact) mass is 688 g/mol. The fourth-order valence-corrected chi connectivity index (χ4v) is 8.02. The van der Waals surface area contributed by atoms with Crippen LogP contribution in [0.1, 0.15) is 11.1 Å². The van der Waals surface area contributed by atoms with Gasteiger partial charge in [0.05, 0.1) is 10.5 Å². The number of benzene rings is 4. The van der Waals surface area contributed by atoms with E-state index in [1.807, 2.05) is 60.7 Å². The first-order valence-electron chi connectivity index (χ1n) is 13.8. The molecule has 0 amide bonds. The second-order valence-electron chi connectivity index (χ2n) is 10.2. The third-order valence-electron chi connectivity index (χ3n) is 7.03. The van der Waals surface area contributed by atoms with E-state index >= 15 is 0 Å². The van der Waals surface area contributed by atoms with Gasteiger partial charge in [-0.2, -0.15) is 16.8 Å². The molecule has 4 aromatic rings. The molecule has 0 bridgehead atoms. The third-order valence-corrected chi connectivity index (χ3v) is 11.2. The minimum absolute atomic E-state index is 0.0497. The first-order chi connectivity index (χ1) is 21.5. The van der Waals surface area contributed by atoms with E-state index < -0.39 is 30.0 Å². The quantitative estimate of drug-likeness (QED) is 0.0931. The molecule has 45 heavy (non-hydrogen) atoms. The van der Waals surface area contributed by atoms with Crippen LogP contribution in [0.5, 0.6) is 11.5 Å². The number of hydrogen-bond donors (Lipinski definition) is 4. The molecule has 0 radical (unpaired) electrons. The predicted octanol–water partition coefficient (Wildman–Crippen LogP) is 4.75. The normalized spacial score (nSPS) is 14.0. The van der Waals surface area contributed by atoms with Crippen LogP contribution >= 0.6 is 23.5 Å². The van der Waals surface area contributed by atoms with Crippen molar-refractivity contribution in [2.75, 3.05) is 26.3 Å². The molecule has 10 nitrogen and oxygen atoms in total. The van der Waals surface area contributed by atoms with Crippen LogP contribution in [-0.2, 0) is 26.7 Å². The maximum Gasteiger partial charge on any atom is 0.298 e. The molecular formula is C31H32N2O8S4. The molecule has 2 atom stereocenters. The average Bonchev–Trinajstić information content (AvgIpc) is 3.36. The number of nitrogens with two attached hydrogens (primary N) is 2. The van der Waals surface area contributed by atoms with E-state index in [0.29, 0.717) is 28.7 Å². The smallest absolute Gasteiger partial charge is 0.298 e. The largest absolute Gasteiger partial charge is 0.491 e. The van der Waals surface area contributed by atoms with Gasteiger partial charge in [0.25, 0.3) is 20.2 Å². The molecule has 0 spiro atoms. The summed E-state index contributed by atoms with van der Waals surface area (Å²) in [5, 5.41) is -0.414. The second-order valence-corrected chi connectivity index (χ2v) is 15.8. The van der Waals surface area contributed by atoms with Crippen molar-refractivity contribution in [2.45, 2.75) is 36.5 Å². The van der Waals surface area contributed by atoms with Crippen LogP contribution in [0.2, 0.25) is 0 Å². The molecule has 0 aliphatic heterocycles. The van der Waals surface area contributed by atoms with E-state index in [4.69, 9.17) is 20.9 Å². The van der Waals surface area contributed by atoms with Gasteiger partial charge in [-0.05, 0) is 77.2 Å². The van der Waals surface area contributed by atoms with Crippen molar-refractivity contribution < 1.29 is 35.4 Å². The van der Waals surface area contributed by atoms with Gasteiger partial charge in [-0.1, -0.05) is 36.4 Å². The molecule has 14 heteroatoms. The second kappa shape index (κ2) is 14.1. The molecule has 1 aliphatic rings. The Kier molecular flexibility index (Phi) is 10.5. The van der Waals surface area contributed by atoms with Crippen LogP contribution < -0.4 is 20.9 Å². The number of thioether (sulfide) groups is 2. The van der Waals surface area contributed by atoms with Gasteiger partial charge in [0.2, 0.25) is 0 Å². The molecule has 2 unspecified atom stereocenters. The number of hydrogen-bond acceptors (Lipinski definition) is 10. The van der Waals surface area contributed by atoms with Crippen molar-refractivity contribution in [3.63, 3.8) is 0 Å². The van der Waals surface area contributed by atoms with Crippen LogP contribution in [-0.4, -0.2) is 62.7 Å². The summed E-state index contributed by atoms with van der Waals surface area (Å²) in [5.41, 5.74) is 14.0. The number of ether oxygens (including phenoxy) is 2. The Morgan fingerprint density at radius 2 is 1.02 bits per heavy atom. The van der Waals surface area contributed by atoms with Crippen molar-refractivity contribution >= 4 is 43.8 Å². The number of rotatable bonds is 14. The van der Waals surface area contributed by atoms with Crippen molar-refractivity contribution in [3.8, 4) is 22.6 Å². The lowest BCUT2D eigenvalue weighted by molar-refractivity contribution is 0.308. The maximum absolute atomic E-state index is 12.4. The lowest BCUT2D eigenvalue weighted by Crippen LogP contribution is -2.24. The first kappa shape index (κ1) is 33.3. The highest BCUT2D eigenvalue weighted by Crippen LogP contribution is 2.45. The summed E-state index contributed by atoms with van der Waals surface area (Å²) in [4.78, 5) is 1.01. The van der Waals surface area contributed by atoms with E-state index in [9.17, 15) is 25.9 Å². The zero-order valence-corrected chi connectivity index (χ0v) is 27.2. The fourth-order valence-electron chi connectivity index (χ4n) is 4.88. The number of fused-ring (bicyclic) bond motifs is 3. The Labute approximate surface area is 271 Å². The Bertz CT molecular complexity index is 1740. The maximum atomic E-state index is 12.4. The van der Waals surface area contributed by atoms with E-state index in [0.717, 1.165) is 9.79 Å². The molecule has 0 aromatic heterocycles. The van der Waals surface area contributed by atoms with Gasteiger partial charge < -0.3 is 20.9 Å². The van der Waals surface area contributed by atoms with Crippen LogP contribution in [0.3, 0.4) is 0 Å². The minimum atomic E-state index is -4.73. The minimum Gasteiger partial charge on any atom is -0.491 e. The van der Waals surface area contributed by atoms with E-state index in [1.165, 1.54) is 47.8 Å². The van der Waals surface area contributed by atoms with Crippen molar-refractivity contribution in [2.24, 2.45) is 11.5 Å². The molecule has 5 rings (SSSR count). The molecule has 0 fully saturated rings. The predicted molar refractivity (Wildman–Crippen MR) is 176 cm³/mol. The Balaban J connectivity index is 1.42.